The van der Waals surface area contributed by atoms with E-state index in [2.05, 4.69) is 319 Å². The molecule has 0 bridgehead atoms. The van der Waals surface area contributed by atoms with E-state index in [-0.39, 0.29) is 10.8 Å². The zero-order valence-corrected chi connectivity index (χ0v) is 50.8. The molecule has 3 heteroatoms. The summed E-state index contributed by atoms with van der Waals surface area (Å²) in [6, 6.07) is 112. The van der Waals surface area contributed by atoms with Crippen LogP contribution in [-0.2, 0) is 10.8 Å². The van der Waals surface area contributed by atoms with Gasteiger partial charge in [-0.25, -0.2) is 15.0 Å². The van der Waals surface area contributed by atoms with Crippen LogP contribution in [0.25, 0.3) is 145 Å². The second-order valence-electron chi connectivity index (χ2n) is 25.2. The maximum absolute atomic E-state index is 5.39. The van der Waals surface area contributed by atoms with Gasteiger partial charge < -0.3 is 0 Å². The first kappa shape index (κ1) is 54.3. The quantitative estimate of drug-likeness (QED) is 0.130. The van der Waals surface area contributed by atoms with Crippen LogP contribution in [0.15, 0.2) is 309 Å². The summed E-state index contributed by atoms with van der Waals surface area (Å²) in [6.45, 7) is 9.36. The van der Waals surface area contributed by atoms with Crippen molar-refractivity contribution in [2.24, 2.45) is 0 Å². The fourth-order valence-electron chi connectivity index (χ4n) is 14.0. The van der Waals surface area contributed by atoms with Crippen molar-refractivity contribution in [1.29, 1.82) is 0 Å². The summed E-state index contributed by atoms with van der Waals surface area (Å²) >= 11 is 0. The molecule has 12 aromatic carbocycles. The predicted octanol–water partition coefficient (Wildman–Crippen LogP) is 22.8. The van der Waals surface area contributed by atoms with Crippen molar-refractivity contribution in [3.8, 4) is 145 Å². The summed E-state index contributed by atoms with van der Waals surface area (Å²) < 4.78 is 0. The average molecular weight is 1150 g/mol. The summed E-state index contributed by atoms with van der Waals surface area (Å²) in [5.74, 6) is 0.680. The Hall–Kier alpha value is -11.1. The smallest absolute Gasteiger partial charge is 0.160 e. The fraction of sp³-hybridized carbons (Fsp3) is 0.0690. The first-order chi connectivity index (χ1) is 44.1. The Balaban J connectivity index is 0.692. The molecule has 14 aromatic rings. The normalized spacial score (nSPS) is 13.1. The number of aromatic nitrogens is 3. The van der Waals surface area contributed by atoms with Gasteiger partial charge in [-0.15, -0.1) is 0 Å². The lowest BCUT2D eigenvalue weighted by atomic mass is 9.81. The van der Waals surface area contributed by atoms with Crippen molar-refractivity contribution in [2.45, 2.75) is 38.5 Å². The third-order valence-corrected chi connectivity index (χ3v) is 18.9. The number of pyridine rings is 1. The Bertz CT molecular complexity index is 5090. The lowest BCUT2D eigenvalue weighted by molar-refractivity contribution is 0.660. The van der Waals surface area contributed by atoms with Crippen LogP contribution >= 0.6 is 0 Å². The van der Waals surface area contributed by atoms with Gasteiger partial charge in [0.1, 0.15) is 0 Å². The Morgan fingerprint density at radius 3 is 1.06 bits per heavy atom. The van der Waals surface area contributed by atoms with E-state index in [1.54, 1.807) is 0 Å². The van der Waals surface area contributed by atoms with Gasteiger partial charge in [0.2, 0.25) is 0 Å². The van der Waals surface area contributed by atoms with E-state index in [1.807, 2.05) is 18.2 Å². The van der Waals surface area contributed by atoms with Gasteiger partial charge in [-0.05, 0) is 166 Å². The standard InChI is InChI=1S/C87H63N3/c1-86(2)78-34-14-12-32-74(78)76-51-68(44-46-79(76)86)58-37-35-56(36-38-58)57-39-41-60(42-40-57)83-55-84(90-85(89-83)61-21-9-6-10-22-61)71-30-18-27-66(50-71)65-26-17-29-70(49-65)82-54-72(53-81(88-82)59-19-7-5-8-20-59)67-28-16-24-63(48-67)62-23-15-25-64(47-62)69-43-45-75-73-31-11-13-33-77(73)87(3,4)80(75)52-69/h5-55H,1-4H3. The lowest BCUT2D eigenvalue weighted by Gasteiger charge is -2.22. The molecule has 2 aliphatic carbocycles. The highest BCUT2D eigenvalue weighted by molar-refractivity contribution is 5.88. The molecule has 2 aliphatic rings. The van der Waals surface area contributed by atoms with Gasteiger partial charge in [-0.1, -0.05) is 282 Å². The molecular weight excluding hydrogens is 1090 g/mol. The molecule has 0 atom stereocenters. The first-order valence-corrected chi connectivity index (χ1v) is 31.2. The first-order valence-electron chi connectivity index (χ1n) is 31.2. The molecule has 16 rings (SSSR count). The SMILES string of the molecule is CC1(C)c2ccccc2-c2cc(-c3ccc(-c4ccc(-c5cc(-c6cccc(-c7cccc(-c8cc(-c9cccc(-c%10cccc(-c%11ccc%12c(c%11)C(C)(C)c%11ccccc%11-%12)c%10)c9)cc(-c9ccccc9)n8)c7)c6)nc(-c6ccccc6)n5)cc4)cc3)ccc21. The van der Waals surface area contributed by atoms with Gasteiger partial charge in [0, 0.05) is 38.6 Å². The third-order valence-electron chi connectivity index (χ3n) is 18.9. The van der Waals surface area contributed by atoms with Crippen LogP contribution < -0.4 is 0 Å². The number of rotatable bonds is 11. The van der Waals surface area contributed by atoms with E-state index in [4.69, 9.17) is 15.0 Å². The minimum Gasteiger partial charge on any atom is -0.248 e. The third kappa shape index (κ3) is 9.76. The van der Waals surface area contributed by atoms with Gasteiger partial charge in [0.05, 0.1) is 22.8 Å². The van der Waals surface area contributed by atoms with Crippen molar-refractivity contribution in [1.82, 2.24) is 15.0 Å². The molecule has 0 N–H and O–H groups in total. The number of hydrogen-bond acceptors (Lipinski definition) is 3. The minimum absolute atomic E-state index is 0.0104. The predicted molar refractivity (Wildman–Crippen MR) is 375 cm³/mol. The molecule has 90 heavy (non-hydrogen) atoms. The van der Waals surface area contributed by atoms with Gasteiger partial charge in [0.25, 0.3) is 0 Å². The van der Waals surface area contributed by atoms with Crippen LogP contribution in [0.2, 0.25) is 0 Å². The molecule has 0 fully saturated rings. The van der Waals surface area contributed by atoms with Crippen LogP contribution in [0.3, 0.4) is 0 Å². The van der Waals surface area contributed by atoms with Crippen molar-refractivity contribution in [3.05, 3.63) is 332 Å². The summed E-state index contributed by atoms with van der Waals surface area (Å²) in [6.07, 6.45) is 0. The number of fused-ring (bicyclic) bond motifs is 6. The topological polar surface area (TPSA) is 38.7 Å². The molecule has 2 aromatic heterocycles. The number of benzene rings is 12. The van der Waals surface area contributed by atoms with Gasteiger partial charge in [0.15, 0.2) is 5.82 Å². The molecule has 0 spiro atoms. The maximum atomic E-state index is 5.39. The van der Waals surface area contributed by atoms with Gasteiger partial charge >= 0.3 is 0 Å². The van der Waals surface area contributed by atoms with Crippen LogP contribution in [0.4, 0.5) is 0 Å². The number of nitrogens with zero attached hydrogens (tertiary/aromatic N) is 3. The number of hydrogen-bond donors (Lipinski definition) is 0. The maximum Gasteiger partial charge on any atom is 0.160 e. The highest BCUT2D eigenvalue weighted by Gasteiger charge is 2.36. The highest BCUT2D eigenvalue weighted by atomic mass is 14.9. The van der Waals surface area contributed by atoms with E-state index in [0.29, 0.717) is 5.82 Å². The molecule has 0 saturated heterocycles. The molecular formula is C87H63N3. The Morgan fingerprint density at radius 2 is 0.500 bits per heavy atom. The molecule has 426 valence electrons. The monoisotopic (exact) mass is 1150 g/mol. The second-order valence-corrected chi connectivity index (χ2v) is 25.2. The van der Waals surface area contributed by atoms with Crippen LogP contribution in [-0.4, -0.2) is 15.0 Å². The van der Waals surface area contributed by atoms with Crippen molar-refractivity contribution < 1.29 is 0 Å². The average Bonchev–Trinajstić information content (AvgIpc) is 2.91. The largest absolute Gasteiger partial charge is 0.248 e. The summed E-state index contributed by atoms with van der Waals surface area (Å²) in [4.78, 5) is 15.9. The minimum atomic E-state index is -0.0654. The fourth-order valence-corrected chi connectivity index (χ4v) is 14.0. The summed E-state index contributed by atoms with van der Waals surface area (Å²) in [5, 5.41) is 0. The molecule has 0 radical (unpaired) electrons. The van der Waals surface area contributed by atoms with E-state index in [9.17, 15) is 0 Å². The zero-order chi connectivity index (χ0) is 60.5. The van der Waals surface area contributed by atoms with Crippen LogP contribution in [0.1, 0.15) is 49.9 Å². The molecule has 0 amide bonds. The lowest BCUT2D eigenvalue weighted by Crippen LogP contribution is -2.14. The Morgan fingerprint density at radius 1 is 0.178 bits per heavy atom. The second kappa shape index (κ2) is 21.9. The highest BCUT2D eigenvalue weighted by Crippen LogP contribution is 2.51. The summed E-state index contributed by atoms with van der Waals surface area (Å²) in [7, 11) is 0. The van der Waals surface area contributed by atoms with Gasteiger partial charge in [-0.2, -0.15) is 0 Å². The van der Waals surface area contributed by atoms with Crippen LogP contribution in [0, 0.1) is 0 Å². The van der Waals surface area contributed by atoms with E-state index < -0.39 is 0 Å². The molecule has 0 saturated carbocycles. The van der Waals surface area contributed by atoms with Crippen molar-refractivity contribution in [3.63, 3.8) is 0 Å². The Labute approximate surface area is 527 Å². The zero-order valence-electron chi connectivity index (χ0n) is 50.8. The molecule has 3 nitrogen and oxygen atoms in total. The van der Waals surface area contributed by atoms with Crippen LogP contribution in [0.5, 0.6) is 0 Å². The molecule has 0 aliphatic heterocycles. The van der Waals surface area contributed by atoms with E-state index in [1.165, 1.54) is 72.3 Å². The van der Waals surface area contributed by atoms with E-state index in [0.717, 1.165) is 89.5 Å². The van der Waals surface area contributed by atoms with Gasteiger partial charge in [-0.3, -0.25) is 0 Å². The van der Waals surface area contributed by atoms with Crippen molar-refractivity contribution >= 4 is 0 Å². The molecule has 0 unspecified atom stereocenters. The Kier molecular flexibility index (Phi) is 13.2. The summed E-state index contributed by atoms with van der Waals surface area (Å²) in [5.41, 5.74) is 33.4. The van der Waals surface area contributed by atoms with Crippen molar-refractivity contribution in [2.75, 3.05) is 0 Å². The van der Waals surface area contributed by atoms with E-state index >= 15 is 0 Å². The molecule has 2 heterocycles.